The molecule has 1 heterocycles. The number of amides is 1. The first-order valence-corrected chi connectivity index (χ1v) is 8.36. The highest BCUT2D eigenvalue weighted by molar-refractivity contribution is 5.93. The van der Waals surface area contributed by atoms with Crippen LogP contribution in [0.1, 0.15) is 16.7 Å². The molecule has 0 saturated carbocycles. The van der Waals surface area contributed by atoms with E-state index in [1.165, 1.54) is 11.6 Å². The van der Waals surface area contributed by atoms with Gasteiger partial charge in [-0.05, 0) is 44.0 Å². The smallest absolute Gasteiger partial charge is 0.324 e. The molecule has 0 saturated heterocycles. The molecule has 0 aliphatic rings. The summed E-state index contributed by atoms with van der Waals surface area (Å²) in [4.78, 5) is 37.4. The molecule has 0 aliphatic carbocycles. The number of carbonyl (C=O) groups is 1. The van der Waals surface area contributed by atoms with Crippen molar-refractivity contribution in [2.45, 2.75) is 27.3 Å². The van der Waals surface area contributed by atoms with Crippen LogP contribution in [0.15, 0.2) is 46.0 Å². The average Bonchev–Trinajstić information content (AvgIpc) is 2.60. The van der Waals surface area contributed by atoms with E-state index in [9.17, 15) is 14.4 Å². The molecule has 0 radical (unpaired) electrons. The zero-order valence-corrected chi connectivity index (χ0v) is 15.3. The Morgan fingerprint density at radius 2 is 1.65 bits per heavy atom. The molecule has 3 rings (SSSR count). The van der Waals surface area contributed by atoms with E-state index in [-0.39, 0.29) is 18.0 Å². The number of nitrogens with one attached hydrogen (secondary N) is 1. The zero-order chi connectivity index (χ0) is 19.0. The SMILES string of the molecule is Cc1cc(C)c(NC(=O)Cn2c(=O)n(C)c(=O)c3ccccc32)c(C)c1. The van der Waals surface area contributed by atoms with Crippen LogP contribution in [0.25, 0.3) is 10.9 Å². The maximum absolute atomic E-state index is 12.6. The fourth-order valence-electron chi connectivity index (χ4n) is 3.29. The normalized spacial score (nSPS) is 10.9. The summed E-state index contributed by atoms with van der Waals surface area (Å²) in [5.74, 6) is -0.314. The quantitative estimate of drug-likeness (QED) is 0.787. The third-order valence-electron chi connectivity index (χ3n) is 4.49. The van der Waals surface area contributed by atoms with Gasteiger partial charge >= 0.3 is 5.69 Å². The van der Waals surface area contributed by atoms with Gasteiger partial charge in [0.25, 0.3) is 5.56 Å². The molecule has 0 aliphatic heterocycles. The average molecular weight is 351 g/mol. The van der Waals surface area contributed by atoms with Crippen molar-refractivity contribution in [1.29, 1.82) is 0 Å². The molecule has 0 atom stereocenters. The number of rotatable bonds is 3. The van der Waals surface area contributed by atoms with Gasteiger partial charge in [-0.2, -0.15) is 0 Å². The Kier molecular flexibility index (Phi) is 4.50. The van der Waals surface area contributed by atoms with Gasteiger partial charge in [0.05, 0.1) is 10.9 Å². The predicted octanol–water partition coefficient (Wildman–Crippen LogP) is 2.26. The Morgan fingerprint density at radius 1 is 1.04 bits per heavy atom. The predicted molar refractivity (Wildman–Crippen MR) is 103 cm³/mol. The van der Waals surface area contributed by atoms with Gasteiger partial charge in [0.1, 0.15) is 6.54 Å². The van der Waals surface area contributed by atoms with E-state index in [1.807, 2.05) is 32.9 Å². The van der Waals surface area contributed by atoms with Gasteiger partial charge in [0.2, 0.25) is 5.91 Å². The Labute approximate surface area is 150 Å². The Hall–Kier alpha value is -3.15. The number of hydrogen-bond donors (Lipinski definition) is 1. The van der Waals surface area contributed by atoms with Gasteiger partial charge in [0, 0.05) is 12.7 Å². The largest absolute Gasteiger partial charge is 0.331 e. The zero-order valence-electron chi connectivity index (χ0n) is 15.3. The van der Waals surface area contributed by atoms with Crippen molar-refractivity contribution < 1.29 is 4.79 Å². The van der Waals surface area contributed by atoms with Crippen molar-refractivity contribution in [3.8, 4) is 0 Å². The summed E-state index contributed by atoms with van der Waals surface area (Å²) in [6.45, 7) is 5.70. The van der Waals surface area contributed by atoms with E-state index >= 15 is 0 Å². The lowest BCUT2D eigenvalue weighted by Gasteiger charge is -2.15. The molecular formula is C20H21N3O3. The number of carbonyl (C=O) groups excluding carboxylic acids is 1. The first-order chi connectivity index (χ1) is 12.3. The number of aromatic nitrogens is 2. The second-order valence-corrected chi connectivity index (χ2v) is 6.57. The number of benzene rings is 2. The van der Waals surface area contributed by atoms with E-state index in [0.29, 0.717) is 10.9 Å². The van der Waals surface area contributed by atoms with Crippen molar-refractivity contribution in [1.82, 2.24) is 9.13 Å². The molecule has 2 aromatic carbocycles. The first kappa shape index (κ1) is 17.7. The monoisotopic (exact) mass is 351 g/mol. The van der Waals surface area contributed by atoms with Gasteiger partial charge in [-0.15, -0.1) is 0 Å². The van der Waals surface area contributed by atoms with E-state index < -0.39 is 5.69 Å². The second kappa shape index (κ2) is 6.63. The van der Waals surface area contributed by atoms with Crippen molar-refractivity contribution in [2.75, 3.05) is 5.32 Å². The number of nitrogens with zero attached hydrogens (tertiary/aromatic N) is 2. The molecule has 0 spiro atoms. The van der Waals surface area contributed by atoms with Gasteiger partial charge in [-0.1, -0.05) is 29.8 Å². The molecule has 1 aromatic heterocycles. The highest BCUT2D eigenvalue weighted by Gasteiger charge is 2.14. The fourth-order valence-corrected chi connectivity index (χ4v) is 3.29. The van der Waals surface area contributed by atoms with Crippen LogP contribution < -0.4 is 16.6 Å². The number of para-hydroxylation sites is 1. The van der Waals surface area contributed by atoms with Crippen molar-refractivity contribution in [3.05, 3.63) is 73.9 Å². The standard InChI is InChI=1S/C20H21N3O3/c1-12-9-13(2)18(14(3)10-12)21-17(24)11-23-16-8-6-5-7-15(16)19(25)22(4)20(23)26/h5-10H,11H2,1-4H3,(H,21,24). The maximum atomic E-state index is 12.6. The van der Waals surface area contributed by atoms with Gasteiger partial charge in [-0.3, -0.25) is 18.7 Å². The van der Waals surface area contributed by atoms with Crippen LogP contribution in [-0.2, 0) is 18.4 Å². The molecule has 0 bridgehead atoms. The lowest BCUT2D eigenvalue weighted by Crippen LogP contribution is -2.40. The van der Waals surface area contributed by atoms with Crippen LogP contribution in [0.2, 0.25) is 0 Å². The summed E-state index contributed by atoms with van der Waals surface area (Å²) in [6.07, 6.45) is 0. The Balaban J connectivity index is 2.01. The molecule has 3 aromatic rings. The van der Waals surface area contributed by atoms with Crippen LogP contribution in [0.4, 0.5) is 5.69 Å². The van der Waals surface area contributed by atoms with Crippen molar-refractivity contribution >= 4 is 22.5 Å². The van der Waals surface area contributed by atoms with Gasteiger partial charge in [0.15, 0.2) is 0 Å². The summed E-state index contributed by atoms with van der Waals surface area (Å²) < 4.78 is 2.35. The van der Waals surface area contributed by atoms with E-state index in [1.54, 1.807) is 24.3 Å². The van der Waals surface area contributed by atoms with Crippen LogP contribution in [0, 0.1) is 20.8 Å². The number of hydrogen-bond acceptors (Lipinski definition) is 3. The minimum Gasteiger partial charge on any atom is -0.324 e. The van der Waals surface area contributed by atoms with Crippen LogP contribution in [0.5, 0.6) is 0 Å². The van der Waals surface area contributed by atoms with Crippen molar-refractivity contribution in [3.63, 3.8) is 0 Å². The third-order valence-corrected chi connectivity index (χ3v) is 4.49. The molecule has 1 amide bonds. The topological polar surface area (TPSA) is 73.1 Å². The van der Waals surface area contributed by atoms with E-state index in [2.05, 4.69) is 5.32 Å². The molecular weight excluding hydrogens is 330 g/mol. The summed E-state index contributed by atoms with van der Waals surface area (Å²) in [5, 5.41) is 3.30. The molecule has 6 nitrogen and oxygen atoms in total. The van der Waals surface area contributed by atoms with Gasteiger partial charge in [-0.25, -0.2) is 4.79 Å². The lowest BCUT2D eigenvalue weighted by atomic mass is 10.1. The maximum Gasteiger partial charge on any atom is 0.331 e. The molecule has 0 unspecified atom stereocenters. The first-order valence-electron chi connectivity index (χ1n) is 8.36. The highest BCUT2D eigenvalue weighted by Crippen LogP contribution is 2.22. The third kappa shape index (κ3) is 3.06. The summed E-state index contributed by atoms with van der Waals surface area (Å²) in [5.41, 5.74) is 3.38. The highest BCUT2D eigenvalue weighted by atomic mass is 16.2. The Morgan fingerprint density at radius 3 is 2.31 bits per heavy atom. The van der Waals surface area contributed by atoms with Crippen LogP contribution >= 0.6 is 0 Å². The molecule has 134 valence electrons. The van der Waals surface area contributed by atoms with Crippen LogP contribution in [-0.4, -0.2) is 15.0 Å². The fraction of sp³-hybridized carbons (Fsp3) is 0.250. The summed E-state index contributed by atoms with van der Waals surface area (Å²) in [7, 11) is 1.42. The van der Waals surface area contributed by atoms with E-state index in [0.717, 1.165) is 26.9 Å². The number of anilines is 1. The molecule has 0 fully saturated rings. The number of aryl methyl sites for hydroxylation is 3. The minimum atomic E-state index is -0.513. The minimum absolute atomic E-state index is 0.166. The van der Waals surface area contributed by atoms with Crippen molar-refractivity contribution in [2.24, 2.45) is 7.05 Å². The van der Waals surface area contributed by atoms with Crippen LogP contribution in [0.3, 0.4) is 0 Å². The van der Waals surface area contributed by atoms with E-state index in [4.69, 9.17) is 0 Å². The second-order valence-electron chi connectivity index (χ2n) is 6.57. The number of fused-ring (bicyclic) bond motifs is 1. The van der Waals surface area contributed by atoms with Gasteiger partial charge < -0.3 is 5.32 Å². The summed E-state index contributed by atoms with van der Waals surface area (Å²) >= 11 is 0. The lowest BCUT2D eigenvalue weighted by molar-refractivity contribution is -0.116. The molecule has 1 N–H and O–H groups in total. The summed E-state index contributed by atoms with van der Waals surface area (Å²) in [6, 6.07) is 10.8. The molecule has 6 heteroatoms. The Bertz CT molecular complexity index is 1120. The molecule has 26 heavy (non-hydrogen) atoms.